The summed E-state index contributed by atoms with van der Waals surface area (Å²) >= 11 is 0. The fourth-order valence-electron chi connectivity index (χ4n) is 1.79. The molecule has 17 heavy (non-hydrogen) atoms. The quantitative estimate of drug-likeness (QED) is 0.740. The van der Waals surface area contributed by atoms with E-state index in [1.807, 2.05) is 13.0 Å². The van der Waals surface area contributed by atoms with E-state index >= 15 is 0 Å². The van der Waals surface area contributed by atoms with Gasteiger partial charge in [0.25, 0.3) is 0 Å². The van der Waals surface area contributed by atoms with Crippen molar-refractivity contribution in [2.75, 3.05) is 6.61 Å². The van der Waals surface area contributed by atoms with E-state index < -0.39 is 0 Å². The molecule has 0 aliphatic heterocycles. The van der Waals surface area contributed by atoms with Gasteiger partial charge in [0.1, 0.15) is 11.9 Å². The first kappa shape index (κ1) is 14.1. The van der Waals surface area contributed by atoms with Crippen molar-refractivity contribution in [2.24, 2.45) is 5.73 Å². The van der Waals surface area contributed by atoms with Crippen molar-refractivity contribution < 1.29 is 9.13 Å². The third-order valence-corrected chi connectivity index (χ3v) is 2.73. The van der Waals surface area contributed by atoms with Gasteiger partial charge in [-0.2, -0.15) is 0 Å². The van der Waals surface area contributed by atoms with Crippen molar-refractivity contribution in [3.05, 3.63) is 35.6 Å². The number of hydrogen-bond acceptors (Lipinski definition) is 2. The molecule has 0 spiro atoms. The van der Waals surface area contributed by atoms with Crippen molar-refractivity contribution in [3.8, 4) is 0 Å². The summed E-state index contributed by atoms with van der Waals surface area (Å²) in [6.45, 7) is 4.62. The van der Waals surface area contributed by atoms with Gasteiger partial charge in [-0.1, -0.05) is 38.0 Å². The van der Waals surface area contributed by atoms with E-state index in [2.05, 4.69) is 6.92 Å². The molecular weight excluding hydrogens is 217 g/mol. The number of unbranched alkanes of at least 4 members (excludes halogenated alkanes) is 2. The van der Waals surface area contributed by atoms with E-state index in [0.29, 0.717) is 12.2 Å². The minimum atomic E-state index is -0.354. The lowest BCUT2D eigenvalue weighted by atomic mass is 10.0. The van der Waals surface area contributed by atoms with Crippen LogP contribution in [0.3, 0.4) is 0 Å². The van der Waals surface area contributed by atoms with Crippen LogP contribution in [0.2, 0.25) is 0 Å². The predicted octanol–water partition coefficient (Wildman–Crippen LogP) is 3.42. The first-order valence-electron chi connectivity index (χ1n) is 6.28. The summed E-state index contributed by atoms with van der Waals surface area (Å²) in [4.78, 5) is 0. The molecule has 0 radical (unpaired) electrons. The Bertz CT molecular complexity index is 328. The normalized spacial score (nSPS) is 14.6. The predicted molar refractivity (Wildman–Crippen MR) is 68.3 cm³/mol. The lowest BCUT2D eigenvalue weighted by Gasteiger charge is -2.22. The zero-order valence-electron chi connectivity index (χ0n) is 10.7. The third kappa shape index (κ3) is 4.44. The van der Waals surface area contributed by atoms with E-state index in [0.717, 1.165) is 19.3 Å². The van der Waals surface area contributed by atoms with Crippen molar-refractivity contribution in [1.82, 2.24) is 0 Å². The lowest BCUT2D eigenvalue weighted by Crippen LogP contribution is -2.28. The summed E-state index contributed by atoms with van der Waals surface area (Å²) in [7, 11) is 0. The number of ether oxygens (including phenoxy) is 1. The Balaban J connectivity index is 2.63. The van der Waals surface area contributed by atoms with E-state index in [9.17, 15) is 4.39 Å². The minimum absolute atomic E-state index is 0.214. The fourth-order valence-corrected chi connectivity index (χ4v) is 1.79. The number of halogens is 1. The van der Waals surface area contributed by atoms with Gasteiger partial charge < -0.3 is 10.5 Å². The molecule has 0 aliphatic carbocycles. The first-order chi connectivity index (χ1) is 8.16. The molecule has 1 aromatic rings. The molecule has 96 valence electrons. The van der Waals surface area contributed by atoms with Crippen LogP contribution in [0.4, 0.5) is 4.39 Å². The standard InChI is InChI=1S/C14H22FNO/c1-3-4-7-10-17-14(11(2)16)12-8-5-6-9-13(12)15/h5-6,8-9,11,14H,3-4,7,10,16H2,1-2H3. The van der Waals surface area contributed by atoms with E-state index in [4.69, 9.17) is 10.5 Å². The highest BCUT2D eigenvalue weighted by Gasteiger charge is 2.19. The number of benzene rings is 1. The van der Waals surface area contributed by atoms with Gasteiger partial charge in [0, 0.05) is 18.2 Å². The molecule has 2 N–H and O–H groups in total. The van der Waals surface area contributed by atoms with Crippen LogP contribution in [0.1, 0.15) is 44.8 Å². The van der Waals surface area contributed by atoms with Crippen molar-refractivity contribution >= 4 is 0 Å². The molecule has 2 atom stereocenters. The maximum absolute atomic E-state index is 13.6. The van der Waals surface area contributed by atoms with Gasteiger partial charge in [-0.05, 0) is 19.4 Å². The van der Waals surface area contributed by atoms with Crippen LogP contribution in [0, 0.1) is 5.82 Å². The molecule has 0 bridgehead atoms. The van der Waals surface area contributed by atoms with Gasteiger partial charge >= 0.3 is 0 Å². The number of nitrogens with two attached hydrogens (primary N) is 1. The second kappa shape index (κ2) is 7.41. The number of hydrogen-bond donors (Lipinski definition) is 1. The highest BCUT2D eigenvalue weighted by atomic mass is 19.1. The lowest BCUT2D eigenvalue weighted by molar-refractivity contribution is 0.0337. The van der Waals surface area contributed by atoms with Crippen molar-refractivity contribution in [3.63, 3.8) is 0 Å². The molecule has 1 rings (SSSR count). The topological polar surface area (TPSA) is 35.2 Å². The van der Waals surface area contributed by atoms with Gasteiger partial charge in [-0.15, -0.1) is 0 Å². The molecule has 1 aromatic carbocycles. The average Bonchev–Trinajstić information content (AvgIpc) is 2.30. The van der Waals surface area contributed by atoms with Crippen molar-refractivity contribution in [2.45, 2.75) is 45.3 Å². The summed E-state index contributed by atoms with van der Waals surface area (Å²) in [5.74, 6) is -0.245. The summed E-state index contributed by atoms with van der Waals surface area (Å²) in [6, 6.07) is 6.45. The second-order valence-electron chi connectivity index (χ2n) is 4.38. The Labute approximate surface area is 103 Å². The van der Waals surface area contributed by atoms with Crippen LogP contribution in [0.5, 0.6) is 0 Å². The average molecular weight is 239 g/mol. The highest BCUT2D eigenvalue weighted by Crippen LogP contribution is 2.23. The van der Waals surface area contributed by atoms with Gasteiger partial charge in [0.15, 0.2) is 0 Å². The van der Waals surface area contributed by atoms with Gasteiger partial charge in [-0.25, -0.2) is 4.39 Å². The Kier molecular flexibility index (Phi) is 6.16. The first-order valence-corrected chi connectivity index (χ1v) is 6.28. The van der Waals surface area contributed by atoms with Crippen LogP contribution in [-0.2, 0) is 4.74 Å². The zero-order chi connectivity index (χ0) is 12.7. The van der Waals surface area contributed by atoms with Gasteiger partial charge in [0.05, 0.1) is 0 Å². The second-order valence-corrected chi connectivity index (χ2v) is 4.38. The molecular formula is C14H22FNO. The largest absolute Gasteiger partial charge is 0.372 e. The molecule has 0 aromatic heterocycles. The molecule has 0 aliphatic rings. The van der Waals surface area contributed by atoms with E-state index in [-0.39, 0.29) is 18.0 Å². The highest BCUT2D eigenvalue weighted by molar-refractivity contribution is 5.21. The zero-order valence-corrected chi connectivity index (χ0v) is 10.7. The Morgan fingerprint density at radius 1 is 1.29 bits per heavy atom. The minimum Gasteiger partial charge on any atom is -0.372 e. The van der Waals surface area contributed by atoms with Crippen molar-refractivity contribution in [1.29, 1.82) is 0 Å². The third-order valence-electron chi connectivity index (χ3n) is 2.73. The molecule has 0 heterocycles. The molecule has 3 heteroatoms. The van der Waals surface area contributed by atoms with Crippen LogP contribution >= 0.6 is 0 Å². The Morgan fingerprint density at radius 3 is 2.59 bits per heavy atom. The maximum atomic E-state index is 13.6. The van der Waals surface area contributed by atoms with Gasteiger partial charge in [0.2, 0.25) is 0 Å². The molecule has 0 fully saturated rings. The SMILES string of the molecule is CCCCCOC(c1ccccc1F)C(C)N. The van der Waals surface area contributed by atoms with Crippen LogP contribution in [0.15, 0.2) is 24.3 Å². The molecule has 0 amide bonds. The van der Waals surface area contributed by atoms with Crippen LogP contribution in [-0.4, -0.2) is 12.6 Å². The smallest absolute Gasteiger partial charge is 0.129 e. The van der Waals surface area contributed by atoms with Crippen LogP contribution < -0.4 is 5.73 Å². The number of rotatable bonds is 7. The monoisotopic (exact) mass is 239 g/mol. The maximum Gasteiger partial charge on any atom is 0.129 e. The summed E-state index contributed by atoms with van der Waals surface area (Å²) in [6.07, 6.45) is 2.91. The molecule has 0 saturated heterocycles. The summed E-state index contributed by atoms with van der Waals surface area (Å²) < 4.78 is 19.3. The van der Waals surface area contributed by atoms with Crippen LogP contribution in [0.25, 0.3) is 0 Å². The fraction of sp³-hybridized carbons (Fsp3) is 0.571. The Morgan fingerprint density at radius 2 is 2.00 bits per heavy atom. The Hall–Kier alpha value is -0.930. The summed E-state index contributed by atoms with van der Waals surface area (Å²) in [5, 5.41) is 0. The molecule has 2 nitrogen and oxygen atoms in total. The molecule has 0 saturated carbocycles. The van der Waals surface area contributed by atoms with E-state index in [1.54, 1.807) is 12.1 Å². The summed E-state index contributed by atoms with van der Waals surface area (Å²) in [5.41, 5.74) is 6.42. The van der Waals surface area contributed by atoms with Gasteiger partial charge in [-0.3, -0.25) is 0 Å². The molecule has 2 unspecified atom stereocenters. The van der Waals surface area contributed by atoms with E-state index in [1.165, 1.54) is 6.07 Å².